The fourth-order valence-electron chi connectivity index (χ4n) is 4.90. The van der Waals surface area contributed by atoms with Gasteiger partial charge in [0.05, 0.1) is 5.92 Å². The number of nitrogens with zero attached hydrogens (tertiary/aromatic N) is 3. The molecule has 1 unspecified atom stereocenters. The Balaban J connectivity index is 1.27. The zero-order chi connectivity index (χ0) is 20.4. The van der Waals surface area contributed by atoms with Crippen molar-refractivity contribution in [1.82, 2.24) is 14.7 Å². The van der Waals surface area contributed by atoms with Gasteiger partial charge in [0.2, 0.25) is 11.8 Å². The highest BCUT2D eigenvalue weighted by Gasteiger charge is 2.38. The molecule has 3 aliphatic heterocycles. The van der Waals surface area contributed by atoms with Crippen LogP contribution in [0.1, 0.15) is 48.0 Å². The molecule has 0 saturated carbocycles. The Hall–Kier alpha value is -2.37. The quantitative estimate of drug-likeness (QED) is 0.783. The highest BCUT2D eigenvalue weighted by atomic mass is 16.2. The van der Waals surface area contributed by atoms with Gasteiger partial charge in [0.1, 0.15) is 0 Å². The molecule has 0 aliphatic carbocycles. The van der Waals surface area contributed by atoms with Crippen molar-refractivity contribution in [1.29, 1.82) is 0 Å². The summed E-state index contributed by atoms with van der Waals surface area (Å²) >= 11 is 0. The second kappa shape index (κ2) is 8.56. The molecule has 0 aromatic heterocycles. The van der Waals surface area contributed by atoms with E-state index in [-0.39, 0.29) is 23.6 Å². The standard InChI is InChI=1S/C23H31N3O3/c1-17-5-4-6-19(13-17)22(28)25-11-7-18(8-12-25)15-26-16-20(14-21(26)27)23(29)24-9-2-3-10-24/h4-6,13,18,20H,2-3,7-12,14-16H2,1H3. The Morgan fingerprint density at radius 2 is 1.76 bits per heavy atom. The summed E-state index contributed by atoms with van der Waals surface area (Å²) < 4.78 is 0. The van der Waals surface area contributed by atoms with Crippen LogP contribution >= 0.6 is 0 Å². The summed E-state index contributed by atoms with van der Waals surface area (Å²) in [7, 11) is 0. The van der Waals surface area contributed by atoms with E-state index in [0.717, 1.165) is 69.5 Å². The van der Waals surface area contributed by atoms with Gasteiger partial charge in [-0.05, 0) is 50.7 Å². The number of benzene rings is 1. The number of aryl methyl sites for hydroxylation is 1. The first-order valence-corrected chi connectivity index (χ1v) is 10.9. The molecule has 0 bridgehead atoms. The van der Waals surface area contributed by atoms with Crippen LogP contribution in [0.4, 0.5) is 0 Å². The number of carbonyl (C=O) groups excluding carboxylic acids is 3. The van der Waals surface area contributed by atoms with Crippen molar-refractivity contribution in [2.24, 2.45) is 11.8 Å². The molecule has 3 aliphatic rings. The number of amides is 3. The minimum absolute atomic E-state index is 0.0978. The maximum absolute atomic E-state index is 12.7. The topological polar surface area (TPSA) is 60.9 Å². The van der Waals surface area contributed by atoms with Gasteiger partial charge in [0.15, 0.2) is 0 Å². The molecule has 0 N–H and O–H groups in total. The number of hydrogen-bond donors (Lipinski definition) is 0. The van der Waals surface area contributed by atoms with E-state index in [1.54, 1.807) is 0 Å². The van der Waals surface area contributed by atoms with Crippen molar-refractivity contribution >= 4 is 17.7 Å². The minimum atomic E-state index is -0.163. The normalized spacial score (nSPS) is 23.1. The van der Waals surface area contributed by atoms with Crippen molar-refractivity contribution in [3.8, 4) is 0 Å². The fraction of sp³-hybridized carbons (Fsp3) is 0.609. The summed E-state index contributed by atoms with van der Waals surface area (Å²) in [6, 6.07) is 7.74. The first kappa shape index (κ1) is 19.9. The Kier molecular flexibility index (Phi) is 5.88. The van der Waals surface area contributed by atoms with E-state index < -0.39 is 0 Å². The van der Waals surface area contributed by atoms with Gasteiger partial charge in [-0.1, -0.05) is 17.7 Å². The van der Waals surface area contributed by atoms with Crippen LogP contribution in [-0.4, -0.2) is 71.7 Å². The van der Waals surface area contributed by atoms with Gasteiger partial charge in [-0.3, -0.25) is 14.4 Å². The van der Waals surface area contributed by atoms with Gasteiger partial charge in [0, 0.05) is 51.3 Å². The largest absolute Gasteiger partial charge is 0.342 e. The number of piperidine rings is 1. The Bertz CT molecular complexity index is 779. The van der Waals surface area contributed by atoms with Crippen LogP contribution in [-0.2, 0) is 9.59 Å². The van der Waals surface area contributed by atoms with Crippen LogP contribution in [0.25, 0.3) is 0 Å². The maximum atomic E-state index is 12.7. The van der Waals surface area contributed by atoms with Crippen molar-refractivity contribution < 1.29 is 14.4 Å². The van der Waals surface area contributed by atoms with Crippen molar-refractivity contribution in [2.75, 3.05) is 39.3 Å². The number of likely N-dealkylation sites (tertiary alicyclic amines) is 3. The van der Waals surface area contributed by atoms with Crippen molar-refractivity contribution in [2.45, 2.75) is 39.0 Å². The molecular formula is C23H31N3O3. The third kappa shape index (κ3) is 4.46. The Morgan fingerprint density at radius 1 is 1.03 bits per heavy atom. The smallest absolute Gasteiger partial charge is 0.253 e. The van der Waals surface area contributed by atoms with Crippen LogP contribution in [0.2, 0.25) is 0 Å². The van der Waals surface area contributed by atoms with Gasteiger partial charge in [-0.15, -0.1) is 0 Å². The molecular weight excluding hydrogens is 366 g/mol. The van der Waals surface area contributed by atoms with Crippen LogP contribution < -0.4 is 0 Å². The highest BCUT2D eigenvalue weighted by Crippen LogP contribution is 2.26. The van der Waals surface area contributed by atoms with Gasteiger partial charge in [-0.2, -0.15) is 0 Å². The molecule has 3 heterocycles. The average Bonchev–Trinajstić information content (AvgIpc) is 3.38. The summed E-state index contributed by atoms with van der Waals surface area (Å²) in [5, 5.41) is 0. The van der Waals surface area contributed by atoms with E-state index in [4.69, 9.17) is 0 Å². The zero-order valence-electron chi connectivity index (χ0n) is 17.3. The molecule has 156 valence electrons. The lowest BCUT2D eigenvalue weighted by Crippen LogP contribution is -2.42. The van der Waals surface area contributed by atoms with Crippen LogP contribution in [0, 0.1) is 18.8 Å². The first-order chi connectivity index (χ1) is 14.0. The second-order valence-electron chi connectivity index (χ2n) is 8.84. The third-order valence-electron chi connectivity index (χ3n) is 6.63. The molecule has 29 heavy (non-hydrogen) atoms. The first-order valence-electron chi connectivity index (χ1n) is 10.9. The Labute approximate surface area is 172 Å². The Morgan fingerprint density at radius 3 is 2.45 bits per heavy atom. The molecule has 1 aromatic rings. The SMILES string of the molecule is Cc1cccc(C(=O)N2CCC(CN3CC(C(=O)N4CCCC4)CC3=O)CC2)c1. The van der Waals surface area contributed by atoms with E-state index in [9.17, 15) is 14.4 Å². The van der Waals surface area contributed by atoms with E-state index >= 15 is 0 Å². The summed E-state index contributed by atoms with van der Waals surface area (Å²) in [5.74, 6) is 0.614. The minimum Gasteiger partial charge on any atom is -0.342 e. The number of carbonyl (C=O) groups is 3. The molecule has 0 radical (unpaired) electrons. The molecule has 6 nitrogen and oxygen atoms in total. The monoisotopic (exact) mass is 397 g/mol. The van der Waals surface area contributed by atoms with Crippen LogP contribution in [0.3, 0.4) is 0 Å². The van der Waals surface area contributed by atoms with Gasteiger partial charge >= 0.3 is 0 Å². The highest BCUT2D eigenvalue weighted by molar-refractivity contribution is 5.94. The fourth-order valence-corrected chi connectivity index (χ4v) is 4.90. The molecule has 3 saturated heterocycles. The van der Waals surface area contributed by atoms with Gasteiger partial charge in [-0.25, -0.2) is 0 Å². The number of rotatable bonds is 4. The van der Waals surface area contributed by atoms with Crippen molar-refractivity contribution in [3.63, 3.8) is 0 Å². The zero-order valence-corrected chi connectivity index (χ0v) is 17.3. The summed E-state index contributed by atoms with van der Waals surface area (Å²) in [6.45, 7) is 6.43. The van der Waals surface area contributed by atoms with E-state index in [0.29, 0.717) is 18.9 Å². The molecule has 3 amide bonds. The van der Waals surface area contributed by atoms with E-state index in [1.807, 2.05) is 45.9 Å². The van der Waals surface area contributed by atoms with E-state index in [1.165, 1.54) is 0 Å². The lowest BCUT2D eigenvalue weighted by atomic mass is 9.95. The molecule has 1 aromatic carbocycles. The second-order valence-corrected chi connectivity index (χ2v) is 8.84. The predicted octanol–water partition coefficient (Wildman–Crippen LogP) is 2.32. The maximum Gasteiger partial charge on any atom is 0.253 e. The summed E-state index contributed by atoms with van der Waals surface area (Å²) in [6.07, 6.45) is 4.34. The lowest BCUT2D eigenvalue weighted by molar-refractivity contribution is -0.134. The van der Waals surface area contributed by atoms with Gasteiger partial charge in [0.25, 0.3) is 5.91 Å². The lowest BCUT2D eigenvalue weighted by Gasteiger charge is -2.34. The molecule has 4 rings (SSSR count). The van der Waals surface area contributed by atoms with Gasteiger partial charge < -0.3 is 14.7 Å². The molecule has 6 heteroatoms. The van der Waals surface area contributed by atoms with E-state index in [2.05, 4.69) is 0 Å². The summed E-state index contributed by atoms with van der Waals surface area (Å²) in [5.41, 5.74) is 1.85. The van der Waals surface area contributed by atoms with Crippen LogP contribution in [0.15, 0.2) is 24.3 Å². The van der Waals surface area contributed by atoms with Crippen LogP contribution in [0.5, 0.6) is 0 Å². The molecule has 0 spiro atoms. The molecule has 1 atom stereocenters. The number of hydrogen-bond acceptors (Lipinski definition) is 3. The predicted molar refractivity (Wildman–Crippen MR) is 110 cm³/mol. The van der Waals surface area contributed by atoms with Crippen molar-refractivity contribution in [3.05, 3.63) is 35.4 Å². The third-order valence-corrected chi connectivity index (χ3v) is 6.63. The summed E-state index contributed by atoms with van der Waals surface area (Å²) in [4.78, 5) is 43.5. The average molecular weight is 398 g/mol. The molecule has 3 fully saturated rings.